The number of amides is 1. The van der Waals surface area contributed by atoms with Crippen LogP contribution in [0.3, 0.4) is 0 Å². The average Bonchev–Trinajstić information content (AvgIpc) is 3.01. The molecule has 23 heavy (non-hydrogen) atoms. The second-order valence-corrected chi connectivity index (χ2v) is 8.98. The lowest BCUT2D eigenvalue weighted by molar-refractivity contribution is -0.119. The highest BCUT2D eigenvalue weighted by Crippen LogP contribution is 2.31. The van der Waals surface area contributed by atoms with Crippen molar-refractivity contribution in [3.05, 3.63) is 35.4 Å². The minimum atomic E-state index is 0.0663. The highest BCUT2D eigenvalue weighted by atomic mass is 32.2. The molecule has 1 amide bonds. The molecule has 7 heteroatoms. The van der Waals surface area contributed by atoms with Crippen LogP contribution in [0.1, 0.15) is 36.9 Å². The minimum Gasteiger partial charge on any atom is -0.349 e. The van der Waals surface area contributed by atoms with Crippen LogP contribution in [-0.2, 0) is 11.2 Å². The van der Waals surface area contributed by atoms with E-state index in [-0.39, 0.29) is 11.9 Å². The third-order valence-corrected chi connectivity index (χ3v) is 6.76. The molecule has 2 aromatic rings. The van der Waals surface area contributed by atoms with E-state index in [4.69, 9.17) is 0 Å². The van der Waals surface area contributed by atoms with E-state index in [9.17, 15) is 4.79 Å². The predicted molar refractivity (Wildman–Crippen MR) is 97.3 cm³/mol. The van der Waals surface area contributed by atoms with Gasteiger partial charge in [0.15, 0.2) is 8.68 Å². The first-order chi connectivity index (χ1) is 11.3. The Labute approximate surface area is 148 Å². The summed E-state index contributed by atoms with van der Waals surface area (Å²) in [4.78, 5) is 12.2. The maximum atomic E-state index is 12.2. The maximum absolute atomic E-state index is 12.2. The summed E-state index contributed by atoms with van der Waals surface area (Å²) in [7, 11) is 0. The lowest BCUT2D eigenvalue weighted by Gasteiger charge is -2.26. The van der Waals surface area contributed by atoms with Crippen LogP contribution in [0.25, 0.3) is 0 Å². The van der Waals surface area contributed by atoms with Gasteiger partial charge >= 0.3 is 0 Å². The van der Waals surface area contributed by atoms with E-state index in [1.807, 2.05) is 6.07 Å². The van der Waals surface area contributed by atoms with Gasteiger partial charge in [-0.05, 0) is 36.1 Å². The SMILES string of the molecule is CCSc1nnc(SCC(=O)NC2CCCc3ccccc32)s1. The minimum absolute atomic E-state index is 0.0663. The largest absolute Gasteiger partial charge is 0.349 e. The maximum Gasteiger partial charge on any atom is 0.230 e. The summed E-state index contributed by atoms with van der Waals surface area (Å²) in [5.74, 6) is 1.45. The molecule has 4 nitrogen and oxygen atoms in total. The number of carbonyl (C=O) groups is 1. The fourth-order valence-electron chi connectivity index (χ4n) is 2.70. The molecule has 0 fully saturated rings. The predicted octanol–water partition coefficient (Wildman–Crippen LogP) is 3.94. The van der Waals surface area contributed by atoms with Crippen LogP contribution < -0.4 is 5.32 Å². The summed E-state index contributed by atoms with van der Waals surface area (Å²) in [6.07, 6.45) is 3.26. The molecule has 0 saturated heterocycles. The fourth-order valence-corrected chi connectivity index (χ4v) is 5.43. The van der Waals surface area contributed by atoms with Crippen LogP contribution >= 0.6 is 34.9 Å². The van der Waals surface area contributed by atoms with Gasteiger partial charge in [0.2, 0.25) is 5.91 Å². The molecule has 3 rings (SSSR count). The monoisotopic (exact) mass is 365 g/mol. The van der Waals surface area contributed by atoms with Crippen molar-refractivity contribution >= 4 is 40.8 Å². The highest BCUT2D eigenvalue weighted by molar-refractivity contribution is 8.03. The molecule has 0 bridgehead atoms. The number of nitrogens with zero attached hydrogens (tertiary/aromatic N) is 2. The van der Waals surface area contributed by atoms with Crippen LogP contribution in [-0.4, -0.2) is 27.6 Å². The number of rotatable bonds is 6. The number of nitrogens with one attached hydrogen (secondary N) is 1. The Morgan fingerprint density at radius 1 is 1.30 bits per heavy atom. The number of fused-ring (bicyclic) bond motifs is 1. The summed E-state index contributed by atoms with van der Waals surface area (Å²) < 4.78 is 1.83. The average molecular weight is 366 g/mol. The Balaban J connectivity index is 1.53. The Bertz CT molecular complexity index is 674. The number of hydrogen-bond donors (Lipinski definition) is 1. The zero-order valence-corrected chi connectivity index (χ0v) is 15.4. The Kier molecular flexibility index (Phi) is 5.96. The van der Waals surface area contributed by atoms with Crippen LogP contribution in [0.2, 0.25) is 0 Å². The molecule has 0 spiro atoms. The summed E-state index contributed by atoms with van der Waals surface area (Å²) in [5, 5.41) is 11.4. The van der Waals surface area contributed by atoms with Crippen molar-refractivity contribution in [2.75, 3.05) is 11.5 Å². The summed E-state index contributed by atoms with van der Waals surface area (Å²) in [6, 6.07) is 8.56. The van der Waals surface area contributed by atoms with Gasteiger partial charge in [0.05, 0.1) is 11.8 Å². The molecular formula is C16H19N3OS3. The van der Waals surface area contributed by atoms with Crippen LogP contribution in [0.4, 0.5) is 0 Å². The van der Waals surface area contributed by atoms with E-state index in [2.05, 4.69) is 40.6 Å². The van der Waals surface area contributed by atoms with Gasteiger partial charge in [-0.15, -0.1) is 10.2 Å². The molecule has 1 aliphatic carbocycles. The van der Waals surface area contributed by atoms with Gasteiger partial charge in [0, 0.05) is 0 Å². The zero-order chi connectivity index (χ0) is 16.1. The lowest BCUT2D eigenvalue weighted by atomic mass is 9.88. The van der Waals surface area contributed by atoms with Crippen LogP contribution in [0.5, 0.6) is 0 Å². The van der Waals surface area contributed by atoms with Crippen molar-refractivity contribution in [2.24, 2.45) is 0 Å². The van der Waals surface area contributed by atoms with Crippen molar-refractivity contribution in [1.82, 2.24) is 15.5 Å². The number of benzene rings is 1. The molecule has 0 aliphatic heterocycles. The number of hydrogen-bond acceptors (Lipinski definition) is 6. The first kappa shape index (κ1) is 16.8. The molecule has 1 unspecified atom stereocenters. The molecule has 1 aromatic carbocycles. The van der Waals surface area contributed by atoms with Gasteiger partial charge in [0.25, 0.3) is 0 Å². The first-order valence-corrected chi connectivity index (χ1v) is 10.5. The normalized spacial score (nSPS) is 16.8. The van der Waals surface area contributed by atoms with Crippen LogP contribution in [0, 0.1) is 0 Å². The van der Waals surface area contributed by atoms with E-state index in [0.29, 0.717) is 5.75 Å². The van der Waals surface area contributed by atoms with E-state index < -0.39 is 0 Å². The Morgan fingerprint density at radius 2 is 2.09 bits per heavy atom. The summed E-state index contributed by atoms with van der Waals surface area (Å²) >= 11 is 4.70. The second kappa shape index (κ2) is 8.17. The molecule has 0 radical (unpaired) electrons. The zero-order valence-electron chi connectivity index (χ0n) is 12.9. The van der Waals surface area contributed by atoms with Gasteiger partial charge in [-0.25, -0.2) is 0 Å². The molecule has 1 atom stereocenters. The van der Waals surface area contributed by atoms with E-state index in [1.165, 1.54) is 22.9 Å². The van der Waals surface area contributed by atoms with Gasteiger partial charge in [0.1, 0.15) is 0 Å². The molecule has 1 aromatic heterocycles. The third kappa shape index (κ3) is 4.49. The molecule has 0 saturated carbocycles. The topological polar surface area (TPSA) is 54.9 Å². The molecule has 122 valence electrons. The lowest BCUT2D eigenvalue weighted by Crippen LogP contribution is -2.32. The standard InChI is InChI=1S/C16H19N3OS3/c1-2-21-15-18-19-16(23-15)22-10-14(20)17-13-9-5-7-11-6-3-4-8-12(11)13/h3-4,6,8,13H,2,5,7,9-10H2,1H3,(H,17,20). The molecular weight excluding hydrogens is 346 g/mol. The Morgan fingerprint density at radius 3 is 2.91 bits per heavy atom. The second-order valence-electron chi connectivity index (χ2n) is 5.27. The van der Waals surface area contributed by atoms with E-state index in [0.717, 1.165) is 33.7 Å². The van der Waals surface area contributed by atoms with Gasteiger partial charge in [-0.3, -0.25) is 4.79 Å². The number of carbonyl (C=O) groups excluding carboxylic acids is 1. The van der Waals surface area contributed by atoms with Gasteiger partial charge in [-0.2, -0.15) is 0 Å². The quantitative estimate of drug-likeness (QED) is 0.786. The Hall–Kier alpha value is -1.05. The number of aryl methyl sites for hydroxylation is 1. The van der Waals surface area contributed by atoms with Crippen molar-refractivity contribution in [3.8, 4) is 0 Å². The fraction of sp³-hybridized carbons (Fsp3) is 0.438. The van der Waals surface area contributed by atoms with Crippen molar-refractivity contribution in [1.29, 1.82) is 0 Å². The number of thioether (sulfide) groups is 2. The van der Waals surface area contributed by atoms with Crippen LogP contribution in [0.15, 0.2) is 32.9 Å². The summed E-state index contributed by atoms with van der Waals surface area (Å²) in [6.45, 7) is 2.09. The smallest absolute Gasteiger partial charge is 0.230 e. The van der Waals surface area contributed by atoms with Gasteiger partial charge < -0.3 is 5.32 Å². The number of aromatic nitrogens is 2. The third-order valence-electron chi connectivity index (χ3n) is 3.69. The van der Waals surface area contributed by atoms with Crippen molar-refractivity contribution < 1.29 is 4.79 Å². The molecule has 1 heterocycles. The highest BCUT2D eigenvalue weighted by Gasteiger charge is 2.21. The first-order valence-electron chi connectivity index (χ1n) is 7.72. The molecule has 1 aliphatic rings. The van der Waals surface area contributed by atoms with Crippen molar-refractivity contribution in [3.63, 3.8) is 0 Å². The van der Waals surface area contributed by atoms with Crippen molar-refractivity contribution in [2.45, 2.75) is 40.9 Å². The van der Waals surface area contributed by atoms with Gasteiger partial charge in [-0.1, -0.05) is 66.0 Å². The molecule has 1 N–H and O–H groups in total. The summed E-state index contributed by atoms with van der Waals surface area (Å²) in [5.41, 5.74) is 2.64. The van der Waals surface area contributed by atoms with E-state index >= 15 is 0 Å². The van der Waals surface area contributed by atoms with E-state index in [1.54, 1.807) is 23.1 Å².